The van der Waals surface area contributed by atoms with Gasteiger partial charge in [-0.05, 0) is 24.2 Å². The van der Waals surface area contributed by atoms with Crippen molar-refractivity contribution in [2.75, 3.05) is 13.2 Å². The highest BCUT2D eigenvalue weighted by atomic mass is 32.1. The Kier molecular flexibility index (Phi) is 12.3. The van der Waals surface area contributed by atoms with Gasteiger partial charge in [0.05, 0.1) is 12.6 Å². The van der Waals surface area contributed by atoms with Crippen molar-refractivity contribution in [3.8, 4) is 0 Å². The fourth-order valence-electron chi connectivity index (χ4n) is 2.79. The van der Waals surface area contributed by atoms with Crippen molar-refractivity contribution in [2.45, 2.75) is 70.4 Å². The van der Waals surface area contributed by atoms with Crippen molar-refractivity contribution in [1.82, 2.24) is 10.6 Å². The Morgan fingerprint density at radius 2 is 1.60 bits per heavy atom. The fourth-order valence-corrected chi connectivity index (χ4v) is 3.04. The molecule has 0 spiro atoms. The molecule has 0 aliphatic rings. The molecule has 1 aromatic rings. The molecule has 1 aromatic carbocycles. The van der Waals surface area contributed by atoms with E-state index in [9.17, 15) is 10.2 Å². The van der Waals surface area contributed by atoms with Crippen molar-refractivity contribution >= 4 is 17.3 Å². The first-order valence-corrected chi connectivity index (χ1v) is 9.98. The van der Waals surface area contributed by atoms with Crippen LogP contribution < -0.4 is 10.6 Å². The van der Waals surface area contributed by atoms with Gasteiger partial charge in [-0.15, -0.1) is 0 Å². The number of nitrogens with one attached hydrogen (secondary N) is 2. The lowest BCUT2D eigenvalue weighted by molar-refractivity contribution is 0.0997. The molecule has 0 saturated heterocycles. The number of benzene rings is 1. The minimum absolute atomic E-state index is 0.185. The molecule has 4 nitrogen and oxygen atoms in total. The second-order valence-electron chi connectivity index (χ2n) is 6.52. The van der Waals surface area contributed by atoms with Crippen LogP contribution in [-0.4, -0.2) is 34.5 Å². The smallest absolute Gasteiger partial charge is 0.166 e. The molecule has 0 aliphatic carbocycles. The van der Waals surface area contributed by atoms with E-state index < -0.39 is 12.1 Å². The van der Waals surface area contributed by atoms with E-state index in [0.29, 0.717) is 5.11 Å². The first-order chi connectivity index (χ1) is 12.2. The Morgan fingerprint density at radius 3 is 2.20 bits per heavy atom. The Hall–Kier alpha value is -1.17. The molecule has 4 N–H and O–H groups in total. The van der Waals surface area contributed by atoms with Crippen LogP contribution >= 0.6 is 12.2 Å². The van der Waals surface area contributed by atoms with E-state index in [-0.39, 0.29) is 6.61 Å². The summed E-state index contributed by atoms with van der Waals surface area (Å²) in [4.78, 5) is 0. The average molecular weight is 367 g/mol. The van der Waals surface area contributed by atoms with Gasteiger partial charge in [0, 0.05) is 6.54 Å². The molecule has 0 fully saturated rings. The van der Waals surface area contributed by atoms with Gasteiger partial charge in [0.25, 0.3) is 0 Å². The second kappa shape index (κ2) is 14.0. The topological polar surface area (TPSA) is 64.5 Å². The zero-order valence-electron chi connectivity index (χ0n) is 15.4. The molecule has 2 unspecified atom stereocenters. The summed E-state index contributed by atoms with van der Waals surface area (Å²) in [6.45, 7) is 2.87. The van der Waals surface area contributed by atoms with Crippen LogP contribution in [0.2, 0.25) is 0 Å². The van der Waals surface area contributed by atoms with Gasteiger partial charge in [-0.1, -0.05) is 82.2 Å². The van der Waals surface area contributed by atoms with E-state index in [1.54, 1.807) is 0 Å². The van der Waals surface area contributed by atoms with E-state index in [1.165, 1.54) is 44.9 Å². The third kappa shape index (κ3) is 9.78. The van der Waals surface area contributed by atoms with Crippen molar-refractivity contribution in [3.63, 3.8) is 0 Å². The number of thiocarbonyl (C=S) groups is 1. The molecule has 5 heteroatoms. The molecular formula is C20H34N2O2S. The highest BCUT2D eigenvalue weighted by molar-refractivity contribution is 7.80. The minimum Gasteiger partial charge on any atom is -0.394 e. The van der Waals surface area contributed by atoms with Crippen LogP contribution in [0, 0.1) is 0 Å². The predicted octanol–water partition coefficient (Wildman–Crippen LogP) is 3.69. The molecule has 0 aromatic heterocycles. The summed E-state index contributed by atoms with van der Waals surface area (Å²) in [5.41, 5.74) is 0.764. The Balaban J connectivity index is 2.15. The maximum Gasteiger partial charge on any atom is 0.166 e. The third-order valence-electron chi connectivity index (χ3n) is 4.35. The maximum atomic E-state index is 10.3. The quantitative estimate of drug-likeness (QED) is 0.317. The number of aliphatic hydroxyl groups is 2. The summed E-state index contributed by atoms with van der Waals surface area (Å²) >= 11 is 5.27. The van der Waals surface area contributed by atoms with E-state index in [4.69, 9.17) is 12.2 Å². The van der Waals surface area contributed by atoms with Crippen LogP contribution in [0.4, 0.5) is 0 Å². The number of unbranched alkanes of at least 4 members (excludes halogenated alkanes) is 7. The van der Waals surface area contributed by atoms with Crippen molar-refractivity contribution in [2.24, 2.45) is 0 Å². The van der Waals surface area contributed by atoms with Crippen LogP contribution in [0.3, 0.4) is 0 Å². The molecule has 0 heterocycles. The summed E-state index contributed by atoms with van der Waals surface area (Å²) in [5.74, 6) is 0. The summed E-state index contributed by atoms with van der Waals surface area (Å²) in [5, 5.41) is 26.5. The van der Waals surface area contributed by atoms with Gasteiger partial charge in [0.1, 0.15) is 6.10 Å². The van der Waals surface area contributed by atoms with Gasteiger partial charge in [0.2, 0.25) is 0 Å². The largest absolute Gasteiger partial charge is 0.394 e. The van der Waals surface area contributed by atoms with Crippen LogP contribution in [-0.2, 0) is 0 Å². The van der Waals surface area contributed by atoms with Crippen molar-refractivity contribution < 1.29 is 10.2 Å². The van der Waals surface area contributed by atoms with Crippen molar-refractivity contribution in [3.05, 3.63) is 35.9 Å². The van der Waals surface area contributed by atoms with Crippen LogP contribution in [0.25, 0.3) is 0 Å². The summed E-state index contributed by atoms with van der Waals surface area (Å²) in [6, 6.07) is 8.80. The summed E-state index contributed by atoms with van der Waals surface area (Å²) in [6.07, 6.45) is 9.43. The fraction of sp³-hybridized carbons (Fsp3) is 0.650. The Labute approximate surface area is 158 Å². The highest BCUT2D eigenvalue weighted by Crippen LogP contribution is 2.16. The molecule has 0 saturated carbocycles. The normalized spacial score (nSPS) is 13.2. The number of hydrogen-bond acceptors (Lipinski definition) is 3. The molecule has 2 atom stereocenters. The van der Waals surface area contributed by atoms with Gasteiger partial charge < -0.3 is 20.8 Å². The van der Waals surface area contributed by atoms with Crippen LogP contribution in [0.15, 0.2) is 30.3 Å². The standard InChI is InChI=1S/C20H34N2O2S/c1-2-3-4-5-6-7-8-12-15-21-20(25)22-18(16-23)19(24)17-13-10-9-11-14-17/h9-11,13-14,18-19,23-24H,2-8,12,15-16H2,1H3,(H2,21,22,25). The first kappa shape index (κ1) is 21.9. The first-order valence-electron chi connectivity index (χ1n) is 9.57. The minimum atomic E-state index is -0.797. The monoisotopic (exact) mass is 366 g/mol. The van der Waals surface area contributed by atoms with E-state index in [2.05, 4.69) is 17.6 Å². The van der Waals surface area contributed by atoms with Crippen LogP contribution in [0.5, 0.6) is 0 Å². The van der Waals surface area contributed by atoms with Gasteiger partial charge in [-0.3, -0.25) is 0 Å². The zero-order valence-corrected chi connectivity index (χ0v) is 16.2. The second-order valence-corrected chi connectivity index (χ2v) is 6.93. The summed E-state index contributed by atoms with van der Waals surface area (Å²) in [7, 11) is 0. The van der Waals surface area contributed by atoms with Gasteiger partial charge in [-0.25, -0.2) is 0 Å². The number of rotatable bonds is 13. The molecular weight excluding hydrogens is 332 g/mol. The van der Waals surface area contributed by atoms with Gasteiger partial charge >= 0.3 is 0 Å². The lowest BCUT2D eigenvalue weighted by atomic mass is 10.0. The third-order valence-corrected chi connectivity index (χ3v) is 4.61. The molecule has 0 radical (unpaired) electrons. The predicted molar refractivity (Wildman–Crippen MR) is 109 cm³/mol. The van der Waals surface area contributed by atoms with E-state index >= 15 is 0 Å². The molecule has 1 rings (SSSR count). The Morgan fingerprint density at radius 1 is 1.00 bits per heavy atom. The lowest BCUT2D eigenvalue weighted by Crippen LogP contribution is -2.46. The van der Waals surface area contributed by atoms with Crippen molar-refractivity contribution in [1.29, 1.82) is 0 Å². The van der Waals surface area contributed by atoms with Gasteiger partial charge in [0.15, 0.2) is 5.11 Å². The average Bonchev–Trinajstić information content (AvgIpc) is 2.65. The highest BCUT2D eigenvalue weighted by Gasteiger charge is 2.20. The number of hydrogen-bond donors (Lipinski definition) is 4. The van der Waals surface area contributed by atoms with Gasteiger partial charge in [-0.2, -0.15) is 0 Å². The molecule has 0 aliphatic heterocycles. The number of aliphatic hydroxyl groups excluding tert-OH is 2. The summed E-state index contributed by atoms with van der Waals surface area (Å²) < 4.78 is 0. The molecule has 0 amide bonds. The van der Waals surface area contributed by atoms with E-state index in [1.807, 2.05) is 30.3 Å². The maximum absolute atomic E-state index is 10.3. The Bertz CT molecular complexity index is 456. The lowest BCUT2D eigenvalue weighted by Gasteiger charge is -2.24. The van der Waals surface area contributed by atoms with Crippen LogP contribution in [0.1, 0.15) is 70.0 Å². The SMILES string of the molecule is CCCCCCCCCCNC(=S)NC(CO)C(O)c1ccccc1. The molecule has 142 valence electrons. The van der Waals surface area contributed by atoms with E-state index in [0.717, 1.165) is 18.5 Å². The molecule has 25 heavy (non-hydrogen) atoms. The molecule has 0 bridgehead atoms. The zero-order chi connectivity index (χ0) is 18.3.